The zero-order valence-corrected chi connectivity index (χ0v) is 10.7. The number of ketones is 1. The molecule has 1 aliphatic heterocycles. The van der Waals surface area contributed by atoms with Crippen molar-refractivity contribution in [1.82, 2.24) is 4.90 Å². The first-order valence-corrected chi connectivity index (χ1v) is 6.64. The van der Waals surface area contributed by atoms with Crippen LogP contribution in [0, 0.1) is 0 Å². The Morgan fingerprint density at radius 1 is 1.32 bits per heavy atom. The monoisotopic (exact) mass is 259 g/mol. The van der Waals surface area contributed by atoms with E-state index in [4.69, 9.17) is 4.42 Å². The summed E-state index contributed by atoms with van der Waals surface area (Å²) in [6.45, 7) is 1.96. The summed E-state index contributed by atoms with van der Waals surface area (Å²) >= 11 is 0. The predicted molar refractivity (Wildman–Crippen MR) is 72.2 cm³/mol. The molecule has 2 aromatic rings. The Kier molecular flexibility index (Phi) is 3.36. The molecule has 2 heterocycles. The molecule has 4 heteroatoms. The van der Waals surface area contributed by atoms with Gasteiger partial charge in [0, 0.05) is 18.5 Å². The molecule has 1 saturated heterocycles. The summed E-state index contributed by atoms with van der Waals surface area (Å²) < 4.78 is 5.40. The number of fused-ring (bicyclic) bond motifs is 1. The van der Waals surface area contributed by atoms with Gasteiger partial charge in [0.2, 0.25) is 0 Å². The van der Waals surface area contributed by atoms with Crippen molar-refractivity contribution < 1.29 is 14.3 Å². The summed E-state index contributed by atoms with van der Waals surface area (Å²) in [7, 11) is 0. The van der Waals surface area contributed by atoms with Crippen LogP contribution in [-0.2, 0) is 0 Å². The van der Waals surface area contributed by atoms with Crippen molar-refractivity contribution in [1.29, 1.82) is 0 Å². The number of carbonyl (C=O) groups excluding carboxylic acids is 1. The third-order valence-electron chi connectivity index (χ3n) is 3.71. The number of benzene rings is 1. The van der Waals surface area contributed by atoms with Gasteiger partial charge < -0.3 is 9.52 Å². The quantitative estimate of drug-likeness (QED) is 0.857. The van der Waals surface area contributed by atoms with Gasteiger partial charge in [-0.3, -0.25) is 9.69 Å². The number of para-hydroxylation sites is 1. The first kappa shape index (κ1) is 12.4. The van der Waals surface area contributed by atoms with Gasteiger partial charge in [-0.2, -0.15) is 0 Å². The fourth-order valence-electron chi connectivity index (χ4n) is 2.56. The molecule has 0 radical (unpaired) electrons. The highest BCUT2D eigenvalue weighted by Gasteiger charge is 2.21. The van der Waals surface area contributed by atoms with E-state index in [-0.39, 0.29) is 11.9 Å². The van der Waals surface area contributed by atoms with E-state index in [9.17, 15) is 9.90 Å². The number of hydrogen-bond acceptors (Lipinski definition) is 4. The fourth-order valence-corrected chi connectivity index (χ4v) is 2.56. The molecular weight excluding hydrogens is 242 g/mol. The topological polar surface area (TPSA) is 53.7 Å². The molecule has 0 saturated carbocycles. The third kappa shape index (κ3) is 2.55. The Hall–Kier alpha value is -1.65. The molecule has 4 nitrogen and oxygen atoms in total. The van der Waals surface area contributed by atoms with E-state index in [1.807, 2.05) is 24.3 Å². The molecule has 1 aromatic carbocycles. The smallest absolute Gasteiger partial charge is 0.180 e. The van der Waals surface area contributed by atoms with Gasteiger partial charge in [-0.15, -0.1) is 0 Å². The number of Topliss-reactive ketones (excluding diaryl/α,β-unsaturated/α-hetero) is 1. The van der Waals surface area contributed by atoms with Crippen molar-refractivity contribution in [2.24, 2.45) is 0 Å². The van der Waals surface area contributed by atoms with Crippen molar-refractivity contribution in [2.75, 3.05) is 19.6 Å². The van der Waals surface area contributed by atoms with Crippen molar-refractivity contribution >= 4 is 16.8 Å². The Morgan fingerprint density at radius 3 is 2.84 bits per heavy atom. The Morgan fingerprint density at radius 2 is 2.05 bits per heavy atom. The number of piperidine rings is 1. The van der Waals surface area contributed by atoms with Crippen LogP contribution in [0.5, 0.6) is 0 Å². The molecule has 0 unspecified atom stereocenters. The Labute approximate surface area is 111 Å². The minimum atomic E-state index is -0.207. The van der Waals surface area contributed by atoms with Crippen LogP contribution in [0.3, 0.4) is 0 Å². The van der Waals surface area contributed by atoms with Crippen LogP contribution >= 0.6 is 0 Å². The van der Waals surface area contributed by atoms with Gasteiger partial charge >= 0.3 is 0 Å². The lowest BCUT2D eigenvalue weighted by atomic mass is 10.1. The number of furan rings is 1. The molecule has 0 bridgehead atoms. The lowest BCUT2D eigenvalue weighted by Gasteiger charge is -2.28. The van der Waals surface area contributed by atoms with E-state index in [0.29, 0.717) is 12.1 Å². The first-order valence-electron chi connectivity index (χ1n) is 6.64. The molecule has 0 amide bonds. The van der Waals surface area contributed by atoms with Gasteiger partial charge in [0.05, 0.1) is 18.2 Å². The molecule has 1 N–H and O–H groups in total. The lowest BCUT2D eigenvalue weighted by molar-refractivity contribution is 0.0711. The number of rotatable bonds is 3. The summed E-state index contributed by atoms with van der Waals surface area (Å²) in [5.74, 6) is 0.0846. The SMILES string of the molecule is O=C(CN1CCC(O)CC1)c1coc2ccccc12. The highest BCUT2D eigenvalue weighted by molar-refractivity contribution is 6.08. The molecular formula is C15H17NO3. The maximum atomic E-state index is 12.3. The predicted octanol–water partition coefficient (Wildman–Crippen LogP) is 2.07. The molecule has 1 aromatic heterocycles. The van der Waals surface area contributed by atoms with E-state index in [1.165, 1.54) is 0 Å². The van der Waals surface area contributed by atoms with Crippen LogP contribution in [0.4, 0.5) is 0 Å². The van der Waals surface area contributed by atoms with E-state index < -0.39 is 0 Å². The van der Waals surface area contributed by atoms with Gasteiger partial charge in [0.1, 0.15) is 11.8 Å². The molecule has 1 fully saturated rings. The van der Waals surface area contributed by atoms with Crippen molar-refractivity contribution in [3.8, 4) is 0 Å². The Bertz CT molecular complexity index is 582. The summed E-state index contributed by atoms with van der Waals surface area (Å²) in [5.41, 5.74) is 1.40. The molecule has 0 spiro atoms. The number of hydrogen-bond donors (Lipinski definition) is 1. The van der Waals surface area contributed by atoms with Gasteiger partial charge in [-0.05, 0) is 18.9 Å². The van der Waals surface area contributed by atoms with Crippen LogP contribution in [0.2, 0.25) is 0 Å². The third-order valence-corrected chi connectivity index (χ3v) is 3.71. The summed E-state index contributed by atoms with van der Waals surface area (Å²) in [4.78, 5) is 14.4. The average molecular weight is 259 g/mol. The molecule has 100 valence electrons. The Balaban J connectivity index is 1.73. The fraction of sp³-hybridized carbons (Fsp3) is 0.400. The first-order chi connectivity index (χ1) is 9.24. The second kappa shape index (κ2) is 5.15. The van der Waals surface area contributed by atoms with Crippen LogP contribution in [0.15, 0.2) is 34.9 Å². The second-order valence-electron chi connectivity index (χ2n) is 5.08. The summed E-state index contributed by atoms with van der Waals surface area (Å²) in [6.07, 6.45) is 2.84. The van der Waals surface area contributed by atoms with Crippen LogP contribution in [0.25, 0.3) is 11.0 Å². The van der Waals surface area contributed by atoms with Crippen molar-refractivity contribution in [3.05, 3.63) is 36.1 Å². The molecule has 19 heavy (non-hydrogen) atoms. The molecule has 1 aliphatic rings. The lowest BCUT2D eigenvalue weighted by Crippen LogP contribution is -2.38. The maximum Gasteiger partial charge on any atom is 0.180 e. The molecule has 0 aliphatic carbocycles. The highest BCUT2D eigenvalue weighted by Crippen LogP contribution is 2.21. The van der Waals surface area contributed by atoms with Crippen molar-refractivity contribution in [3.63, 3.8) is 0 Å². The van der Waals surface area contributed by atoms with Gasteiger partial charge in [-0.25, -0.2) is 0 Å². The molecule has 3 rings (SSSR count). The van der Waals surface area contributed by atoms with Gasteiger partial charge in [0.15, 0.2) is 5.78 Å². The zero-order chi connectivity index (χ0) is 13.2. The number of aliphatic hydroxyl groups is 1. The van der Waals surface area contributed by atoms with Crippen LogP contribution in [0.1, 0.15) is 23.2 Å². The maximum absolute atomic E-state index is 12.3. The van der Waals surface area contributed by atoms with Gasteiger partial charge in [0.25, 0.3) is 0 Å². The van der Waals surface area contributed by atoms with Crippen molar-refractivity contribution in [2.45, 2.75) is 18.9 Å². The number of carbonyl (C=O) groups is 1. The number of nitrogens with zero attached hydrogens (tertiary/aromatic N) is 1. The average Bonchev–Trinajstić information content (AvgIpc) is 2.85. The number of likely N-dealkylation sites (tertiary alicyclic amines) is 1. The minimum absolute atomic E-state index is 0.0846. The molecule has 0 atom stereocenters. The standard InChI is InChI=1S/C15H17NO3/c17-11-5-7-16(8-6-11)9-14(18)13-10-19-15-4-2-1-3-12(13)15/h1-4,10-11,17H,5-9H2. The summed E-state index contributed by atoms with van der Waals surface area (Å²) in [6, 6.07) is 7.58. The van der Waals surface area contributed by atoms with Crippen LogP contribution < -0.4 is 0 Å². The highest BCUT2D eigenvalue weighted by atomic mass is 16.3. The minimum Gasteiger partial charge on any atom is -0.464 e. The van der Waals surface area contributed by atoms with E-state index in [0.717, 1.165) is 36.9 Å². The van der Waals surface area contributed by atoms with Crippen LogP contribution in [-0.4, -0.2) is 41.5 Å². The van der Waals surface area contributed by atoms with E-state index in [2.05, 4.69) is 4.90 Å². The largest absolute Gasteiger partial charge is 0.464 e. The van der Waals surface area contributed by atoms with E-state index in [1.54, 1.807) is 6.26 Å². The van der Waals surface area contributed by atoms with Gasteiger partial charge in [-0.1, -0.05) is 18.2 Å². The summed E-state index contributed by atoms with van der Waals surface area (Å²) in [5, 5.41) is 10.3. The number of aliphatic hydroxyl groups excluding tert-OH is 1. The zero-order valence-electron chi connectivity index (χ0n) is 10.7. The van der Waals surface area contributed by atoms with E-state index >= 15 is 0 Å². The second-order valence-corrected chi connectivity index (χ2v) is 5.08. The normalized spacial score (nSPS) is 17.9.